The van der Waals surface area contributed by atoms with Gasteiger partial charge in [0.15, 0.2) is 6.61 Å². The Bertz CT molecular complexity index is 771. The first-order valence-corrected chi connectivity index (χ1v) is 7.48. The molecule has 1 aliphatic rings. The van der Waals surface area contributed by atoms with Gasteiger partial charge in [0.05, 0.1) is 5.56 Å². The molecule has 1 aliphatic heterocycles. The Morgan fingerprint density at radius 2 is 2.00 bits per heavy atom. The number of para-hydroxylation sites is 1. The van der Waals surface area contributed by atoms with E-state index in [0.29, 0.717) is 12.3 Å². The molecule has 5 heteroatoms. The van der Waals surface area contributed by atoms with Crippen molar-refractivity contribution < 1.29 is 14.3 Å². The van der Waals surface area contributed by atoms with Gasteiger partial charge in [0.1, 0.15) is 5.75 Å². The summed E-state index contributed by atoms with van der Waals surface area (Å²) >= 11 is 0. The third-order valence-corrected chi connectivity index (χ3v) is 3.94. The first-order chi connectivity index (χ1) is 11.1. The van der Waals surface area contributed by atoms with E-state index >= 15 is 0 Å². The Morgan fingerprint density at radius 1 is 1.22 bits per heavy atom. The molecule has 0 radical (unpaired) electrons. The second-order valence-electron chi connectivity index (χ2n) is 5.58. The smallest absolute Gasteiger partial charge is 0.264 e. The van der Waals surface area contributed by atoms with Crippen LogP contribution in [0.4, 0.5) is 5.69 Å². The van der Waals surface area contributed by atoms with Crippen molar-refractivity contribution in [1.82, 2.24) is 0 Å². The van der Waals surface area contributed by atoms with Crippen LogP contribution in [-0.4, -0.2) is 25.0 Å². The highest BCUT2D eigenvalue weighted by molar-refractivity contribution is 5.97. The molecule has 2 aromatic carbocycles. The molecule has 0 bridgehead atoms. The lowest BCUT2D eigenvalue weighted by Crippen LogP contribution is -2.33. The molecule has 0 aromatic heterocycles. The van der Waals surface area contributed by atoms with Crippen LogP contribution >= 0.6 is 0 Å². The van der Waals surface area contributed by atoms with Crippen molar-refractivity contribution in [2.45, 2.75) is 13.3 Å². The lowest BCUT2D eigenvalue weighted by atomic mass is 10.1. The van der Waals surface area contributed by atoms with Crippen LogP contribution in [0, 0.1) is 6.92 Å². The summed E-state index contributed by atoms with van der Waals surface area (Å²) in [4.78, 5) is 25.6. The van der Waals surface area contributed by atoms with Gasteiger partial charge in [-0.25, -0.2) is 0 Å². The lowest BCUT2D eigenvalue weighted by Gasteiger charge is -2.18. The van der Waals surface area contributed by atoms with Gasteiger partial charge in [-0.15, -0.1) is 0 Å². The zero-order valence-electron chi connectivity index (χ0n) is 12.9. The molecule has 2 N–H and O–H groups in total. The summed E-state index contributed by atoms with van der Waals surface area (Å²) in [5.41, 5.74) is 8.65. The van der Waals surface area contributed by atoms with Crippen molar-refractivity contribution in [3.05, 3.63) is 59.2 Å². The average molecular weight is 310 g/mol. The van der Waals surface area contributed by atoms with Crippen LogP contribution in [0.15, 0.2) is 42.5 Å². The number of aryl methyl sites for hydroxylation is 1. The average Bonchev–Trinajstić information content (AvgIpc) is 2.96. The van der Waals surface area contributed by atoms with E-state index in [9.17, 15) is 9.59 Å². The summed E-state index contributed by atoms with van der Waals surface area (Å²) < 4.78 is 5.58. The SMILES string of the molecule is Cc1ccc(C(N)=O)c(OCC(=O)N2CCc3ccccc32)c1. The molecule has 0 saturated heterocycles. The summed E-state index contributed by atoms with van der Waals surface area (Å²) in [6, 6.07) is 12.9. The lowest BCUT2D eigenvalue weighted by molar-refractivity contribution is -0.120. The molecule has 2 aromatic rings. The number of carbonyl (C=O) groups excluding carboxylic acids is 2. The van der Waals surface area contributed by atoms with Crippen LogP contribution in [0.2, 0.25) is 0 Å². The van der Waals surface area contributed by atoms with Crippen LogP contribution in [0.5, 0.6) is 5.75 Å². The normalized spacial score (nSPS) is 12.8. The summed E-state index contributed by atoms with van der Waals surface area (Å²) in [5, 5.41) is 0. The van der Waals surface area contributed by atoms with Gasteiger partial charge in [0.25, 0.3) is 11.8 Å². The van der Waals surface area contributed by atoms with Crippen molar-refractivity contribution >= 4 is 17.5 Å². The zero-order valence-corrected chi connectivity index (χ0v) is 12.9. The van der Waals surface area contributed by atoms with Gasteiger partial charge < -0.3 is 15.4 Å². The second-order valence-corrected chi connectivity index (χ2v) is 5.58. The van der Waals surface area contributed by atoms with Crippen molar-refractivity contribution in [2.24, 2.45) is 5.73 Å². The monoisotopic (exact) mass is 310 g/mol. The number of hydrogen-bond acceptors (Lipinski definition) is 3. The summed E-state index contributed by atoms with van der Waals surface area (Å²) in [5.74, 6) is -0.357. The van der Waals surface area contributed by atoms with E-state index in [2.05, 4.69) is 0 Å². The van der Waals surface area contributed by atoms with Crippen LogP contribution in [-0.2, 0) is 11.2 Å². The van der Waals surface area contributed by atoms with Crippen molar-refractivity contribution in [3.63, 3.8) is 0 Å². The van der Waals surface area contributed by atoms with Gasteiger partial charge in [-0.2, -0.15) is 0 Å². The molecule has 5 nitrogen and oxygen atoms in total. The van der Waals surface area contributed by atoms with Crippen LogP contribution in [0.25, 0.3) is 0 Å². The highest BCUT2D eigenvalue weighted by Gasteiger charge is 2.24. The summed E-state index contributed by atoms with van der Waals surface area (Å²) in [6.45, 7) is 2.41. The number of hydrogen-bond donors (Lipinski definition) is 1. The minimum absolute atomic E-state index is 0.127. The van der Waals surface area contributed by atoms with Gasteiger partial charge >= 0.3 is 0 Å². The fraction of sp³-hybridized carbons (Fsp3) is 0.222. The number of benzene rings is 2. The second kappa shape index (κ2) is 6.12. The highest BCUT2D eigenvalue weighted by Crippen LogP contribution is 2.27. The van der Waals surface area contributed by atoms with Crippen LogP contribution in [0.1, 0.15) is 21.5 Å². The predicted molar refractivity (Wildman–Crippen MR) is 87.7 cm³/mol. The molecule has 0 saturated carbocycles. The number of amides is 2. The molecule has 1 heterocycles. The van der Waals surface area contributed by atoms with Crippen LogP contribution < -0.4 is 15.4 Å². The molecular formula is C18H18N2O3. The molecular weight excluding hydrogens is 292 g/mol. The van der Waals surface area contributed by atoms with Gasteiger partial charge in [-0.3, -0.25) is 9.59 Å². The zero-order chi connectivity index (χ0) is 16.4. The number of nitrogens with two attached hydrogens (primary N) is 1. The Hall–Kier alpha value is -2.82. The van der Waals surface area contributed by atoms with E-state index in [1.807, 2.05) is 31.2 Å². The van der Waals surface area contributed by atoms with Gasteiger partial charge in [0.2, 0.25) is 0 Å². The third-order valence-electron chi connectivity index (χ3n) is 3.94. The Balaban J connectivity index is 1.73. The fourth-order valence-electron chi connectivity index (χ4n) is 2.77. The first-order valence-electron chi connectivity index (χ1n) is 7.48. The van der Waals surface area contributed by atoms with Gasteiger partial charge in [0, 0.05) is 12.2 Å². The molecule has 0 spiro atoms. The predicted octanol–water partition coefficient (Wildman–Crippen LogP) is 2.06. The minimum atomic E-state index is -0.570. The number of rotatable bonds is 4. The van der Waals surface area contributed by atoms with E-state index in [4.69, 9.17) is 10.5 Å². The fourth-order valence-corrected chi connectivity index (χ4v) is 2.77. The summed E-state index contributed by atoms with van der Waals surface area (Å²) in [6.07, 6.45) is 0.846. The summed E-state index contributed by atoms with van der Waals surface area (Å²) in [7, 11) is 0. The number of fused-ring (bicyclic) bond motifs is 1. The maximum atomic E-state index is 12.4. The number of carbonyl (C=O) groups is 2. The van der Waals surface area contributed by atoms with E-state index < -0.39 is 5.91 Å². The van der Waals surface area contributed by atoms with Crippen molar-refractivity contribution in [2.75, 3.05) is 18.1 Å². The standard InChI is InChI=1S/C18H18N2O3/c1-12-6-7-14(18(19)22)16(10-12)23-11-17(21)20-9-8-13-4-2-3-5-15(13)20/h2-7,10H,8-9,11H2,1H3,(H2,19,22). The van der Waals surface area contributed by atoms with Crippen molar-refractivity contribution in [3.8, 4) is 5.75 Å². The Kier molecular flexibility index (Phi) is 4.02. The maximum Gasteiger partial charge on any atom is 0.264 e. The molecule has 0 aliphatic carbocycles. The Labute approximate surface area is 134 Å². The van der Waals surface area contributed by atoms with E-state index in [0.717, 1.165) is 23.2 Å². The number of nitrogens with zero attached hydrogens (tertiary/aromatic N) is 1. The third kappa shape index (κ3) is 3.04. The highest BCUT2D eigenvalue weighted by atomic mass is 16.5. The molecule has 23 heavy (non-hydrogen) atoms. The Morgan fingerprint density at radius 3 is 2.78 bits per heavy atom. The molecule has 0 atom stereocenters. The minimum Gasteiger partial charge on any atom is -0.483 e. The van der Waals surface area contributed by atoms with E-state index in [1.54, 1.807) is 23.1 Å². The number of anilines is 1. The van der Waals surface area contributed by atoms with Crippen LogP contribution in [0.3, 0.4) is 0 Å². The molecule has 2 amide bonds. The molecule has 0 unspecified atom stereocenters. The maximum absolute atomic E-state index is 12.4. The van der Waals surface area contributed by atoms with E-state index in [1.165, 1.54) is 0 Å². The number of primary amides is 1. The van der Waals surface area contributed by atoms with Gasteiger partial charge in [-0.05, 0) is 42.7 Å². The molecule has 3 rings (SSSR count). The molecule has 118 valence electrons. The number of ether oxygens (including phenoxy) is 1. The first kappa shape index (κ1) is 15.1. The van der Waals surface area contributed by atoms with E-state index in [-0.39, 0.29) is 18.1 Å². The van der Waals surface area contributed by atoms with Gasteiger partial charge in [-0.1, -0.05) is 24.3 Å². The largest absolute Gasteiger partial charge is 0.483 e. The molecule has 0 fully saturated rings. The van der Waals surface area contributed by atoms with Crippen molar-refractivity contribution in [1.29, 1.82) is 0 Å². The quantitative estimate of drug-likeness (QED) is 0.939. The topological polar surface area (TPSA) is 72.6 Å².